The van der Waals surface area contributed by atoms with Crippen molar-refractivity contribution in [2.24, 2.45) is 7.05 Å². The van der Waals surface area contributed by atoms with Gasteiger partial charge in [-0.2, -0.15) is 0 Å². The molecule has 4 aromatic rings. The van der Waals surface area contributed by atoms with Crippen LogP contribution in [0.25, 0.3) is 22.2 Å². The first-order valence-electron chi connectivity index (χ1n) is 11.3. The lowest BCUT2D eigenvalue weighted by Crippen LogP contribution is -2.20. The third kappa shape index (κ3) is 5.52. The van der Waals surface area contributed by atoms with E-state index in [1.54, 1.807) is 25.4 Å². The first-order chi connectivity index (χ1) is 16.9. The molecule has 35 heavy (non-hydrogen) atoms. The van der Waals surface area contributed by atoms with Gasteiger partial charge in [-0.15, -0.1) is 0 Å². The smallest absolute Gasteiger partial charge is 0.227 e. The lowest BCUT2D eigenvalue weighted by Gasteiger charge is -2.18. The van der Waals surface area contributed by atoms with Gasteiger partial charge in [0.1, 0.15) is 18.1 Å². The molecule has 0 aliphatic carbocycles. The van der Waals surface area contributed by atoms with Crippen LogP contribution >= 0.6 is 0 Å². The van der Waals surface area contributed by atoms with Gasteiger partial charge in [0.25, 0.3) is 0 Å². The molecule has 2 aromatic heterocycles. The van der Waals surface area contributed by atoms with E-state index >= 15 is 0 Å². The topological polar surface area (TPSA) is 93.5 Å². The summed E-state index contributed by atoms with van der Waals surface area (Å²) in [6, 6.07) is 13.6. The number of para-hydroxylation sites is 1. The molecule has 0 aliphatic rings. The number of benzene rings is 2. The van der Waals surface area contributed by atoms with Crippen LogP contribution in [0.5, 0.6) is 11.5 Å². The molecule has 9 nitrogen and oxygen atoms in total. The molecule has 0 bridgehead atoms. The lowest BCUT2D eigenvalue weighted by molar-refractivity contribution is -0.114. The Bertz CT molecular complexity index is 1350. The number of carbonyl (C=O) groups is 1. The molecule has 0 saturated heterocycles. The normalized spacial score (nSPS) is 11.0. The van der Waals surface area contributed by atoms with E-state index in [-0.39, 0.29) is 5.91 Å². The zero-order chi connectivity index (χ0) is 24.9. The van der Waals surface area contributed by atoms with E-state index in [0.717, 1.165) is 28.7 Å². The molecule has 0 unspecified atom stereocenters. The zero-order valence-corrected chi connectivity index (χ0v) is 20.6. The number of nitrogens with one attached hydrogen (secondary N) is 2. The Morgan fingerprint density at radius 2 is 1.91 bits per heavy atom. The SMILES string of the molecule is COc1cc(OCCN(C)C)c(NC(C)=O)cc1Nc1nccc(-c2cn(C)c3ccccc23)n1. The Balaban J connectivity index is 1.67. The highest BCUT2D eigenvalue weighted by molar-refractivity contribution is 5.95. The summed E-state index contributed by atoms with van der Waals surface area (Å²) >= 11 is 0. The minimum Gasteiger partial charge on any atom is -0.494 e. The predicted molar refractivity (Wildman–Crippen MR) is 139 cm³/mol. The summed E-state index contributed by atoms with van der Waals surface area (Å²) in [6.07, 6.45) is 3.78. The first-order valence-corrected chi connectivity index (χ1v) is 11.3. The number of methoxy groups -OCH3 is 1. The fourth-order valence-corrected chi connectivity index (χ4v) is 3.81. The van der Waals surface area contributed by atoms with E-state index in [0.29, 0.717) is 35.4 Å². The van der Waals surface area contributed by atoms with Crippen LogP contribution in [0.15, 0.2) is 54.9 Å². The van der Waals surface area contributed by atoms with Crippen LogP contribution in [0.1, 0.15) is 6.92 Å². The van der Waals surface area contributed by atoms with Crippen LogP contribution in [-0.2, 0) is 11.8 Å². The van der Waals surface area contributed by atoms with Gasteiger partial charge < -0.3 is 29.6 Å². The molecule has 2 aromatic carbocycles. The zero-order valence-electron chi connectivity index (χ0n) is 20.6. The number of aryl methyl sites for hydroxylation is 1. The van der Waals surface area contributed by atoms with Crippen molar-refractivity contribution in [3.8, 4) is 22.8 Å². The fourth-order valence-electron chi connectivity index (χ4n) is 3.81. The number of fused-ring (bicyclic) bond motifs is 1. The number of amides is 1. The average Bonchev–Trinajstić information content (AvgIpc) is 3.17. The molecule has 0 saturated carbocycles. The van der Waals surface area contributed by atoms with Crippen molar-refractivity contribution in [1.29, 1.82) is 0 Å². The maximum atomic E-state index is 11.8. The third-order valence-electron chi connectivity index (χ3n) is 5.48. The summed E-state index contributed by atoms with van der Waals surface area (Å²) in [5, 5.41) is 7.18. The van der Waals surface area contributed by atoms with Crippen LogP contribution in [-0.4, -0.2) is 59.7 Å². The van der Waals surface area contributed by atoms with E-state index in [2.05, 4.69) is 38.5 Å². The number of hydrogen-bond acceptors (Lipinski definition) is 7. The van der Waals surface area contributed by atoms with Crippen LogP contribution in [0, 0.1) is 0 Å². The Hall–Kier alpha value is -4.11. The van der Waals surface area contributed by atoms with Crippen molar-refractivity contribution in [2.75, 3.05) is 45.0 Å². The number of nitrogens with zero attached hydrogens (tertiary/aromatic N) is 4. The van der Waals surface area contributed by atoms with Gasteiger partial charge in [-0.25, -0.2) is 9.97 Å². The van der Waals surface area contributed by atoms with Crippen molar-refractivity contribution in [3.05, 3.63) is 54.9 Å². The number of anilines is 3. The van der Waals surface area contributed by atoms with Crippen molar-refractivity contribution < 1.29 is 14.3 Å². The van der Waals surface area contributed by atoms with Crippen molar-refractivity contribution in [2.45, 2.75) is 6.92 Å². The van der Waals surface area contributed by atoms with Crippen LogP contribution in [0.2, 0.25) is 0 Å². The maximum absolute atomic E-state index is 11.8. The molecule has 182 valence electrons. The highest BCUT2D eigenvalue weighted by Crippen LogP contribution is 2.38. The molecule has 0 atom stereocenters. The van der Waals surface area contributed by atoms with Crippen LogP contribution < -0.4 is 20.1 Å². The molecule has 1 amide bonds. The summed E-state index contributed by atoms with van der Waals surface area (Å²) < 4.78 is 13.6. The Morgan fingerprint density at radius 3 is 2.66 bits per heavy atom. The Kier molecular flexibility index (Phi) is 7.17. The van der Waals surface area contributed by atoms with Gasteiger partial charge in [-0.1, -0.05) is 18.2 Å². The van der Waals surface area contributed by atoms with Crippen LogP contribution in [0.3, 0.4) is 0 Å². The fraction of sp³-hybridized carbons (Fsp3) is 0.269. The number of ether oxygens (including phenoxy) is 2. The molecule has 9 heteroatoms. The molecular weight excluding hydrogens is 444 g/mol. The Morgan fingerprint density at radius 1 is 1.11 bits per heavy atom. The quantitative estimate of drug-likeness (QED) is 0.374. The van der Waals surface area contributed by atoms with Gasteiger partial charge in [-0.3, -0.25) is 4.79 Å². The number of carbonyl (C=O) groups excluding carboxylic acids is 1. The minimum atomic E-state index is -0.201. The number of hydrogen-bond donors (Lipinski definition) is 2. The Labute approximate surface area is 204 Å². The van der Waals surface area contributed by atoms with E-state index in [4.69, 9.17) is 14.5 Å². The average molecular weight is 475 g/mol. The molecule has 0 fully saturated rings. The summed E-state index contributed by atoms with van der Waals surface area (Å²) in [7, 11) is 7.54. The summed E-state index contributed by atoms with van der Waals surface area (Å²) in [5.41, 5.74) is 4.08. The summed E-state index contributed by atoms with van der Waals surface area (Å²) in [4.78, 5) is 23.0. The molecule has 2 heterocycles. The second-order valence-electron chi connectivity index (χ2n) is 8.44. The lowest BCUT2D eigenvalue weighted by atomic mass is 10.1. The van der Waals surface area contributed by atoms with E-state index < -0.39 is 0 Å². The molecule has 4 rings (SSSR count). The van der Waals surface area contributed by atoms with Crippen molar-refractivity contribution >= 4 is 34.1 Å². The second kappa shape index (κ2) is 10.4. The van der Waals surface area contributed by atoms with Gasteiger partial charge in [0.15, 0.2) is 0 Å². The number of likely N-dealkylation sites (N-methyl/N-ethyl adjacent to an activating group) is 1. The third-order valence-corrected chi connectivity index (χ3v) is 5.48. The molecular formula is C26H30N6O3. The van der Waals surface area contributed by atoms with Gasteiger partial charge in [-0.05, 0) is 32.3 Å². The minimum absolute atomic E-state index is 0.201. The predicted octanol–water partition coefficient (Wildman–Crippen LogP) is 4.29. The van der Waals surface area contributed by atoms with Crippen molar-refractivity contribution in [1.82, 2.24) is 19.4 Å². The highest BCUT2D eigenvalue weighted by atomic mass is 16.5. The van der Waals surface area contributed by atoms with E-state index in [9.17, 15) is 4.79 Å². The molecule has 0 radical (unpaired) electrons. The second-order valence-corrected chi connectivity index (χ2v) is 8.44. The molecule has 2 N–H and O–H groups in total. The highest BCUT2D eigenvalue weighted by Gasteiger charge is 2.16. The number of aromatic nitrogens is 3. The van der Waals surface area contributed by atoms with Gasteiger partial charge in [0.2, 0.25) is 11.9 Å². The van der Waals surface area contributed by atoms with E-state index in [1.807, 2.05) is 44.2 Å². The standard InChI is InChI=1S/C26H30N6O3/c1-17(33)28-22-14-21(24(34-5)15-25(22)35-13-12-31(2)3)30-26-27-11-10-20(29-26)19-16-32(4)23-9-7-6-8-18(19)23/h6-11,14-16H,12-13H2,1-5H3,(H,28,33)(H,27,29,30). The van der Waals surface area contributed by atoms with E-state index in [1.165, 1.54) is 6.92 Å². The maximum Gasteiger partial charge on any atom is 0.227 e. The van der Waals surface area contributed by atoms with Gasteiger partial charge >= 0.3 is 0 Å². The first kappa shape index (κ1) is 24.0. The van der Waals surface area contributed by atoms with Crippen molar-refractivity contribution in [3.63, 3.8) is 0 Å². The summed E-state index contributed by atoms with van der Waals surface area (Å²) in [5.74, 6) is 1.27. The van der Waals surface area contributed by atoms with Crippen LogP contribution in [0.4, 0.5) is 17.3 Å². The van der Waals surface area contributed by atoms with Gasteiger partial charge in [0.05, 0.1) is 24.2 Å². The number of rotatable bonds is 9. The largest absolute Gasteiger partial charge is 0.494 e. The molecule has 0 aliphatic heterocycles. The monoisotopic (exact) mass is 474 g/mol. The summed E-state index contributed by atoms with van der Waals surface area (Å²) in [6.45, 7) is 2.65. The van der Waals surface area contributed by atoms with Gasteiger partial charge in [0, 0.05) is 55.4 Å². The molecule has 0 spiro atoms.